The van der Waals surface area contributed by atoms with Gasteiger partial charge in [-0.25, -0.2) is 9.18 Å². The second kappa shape index (κ2) is 10.0. The summed E-state index contributed by atoms with van der Waals surface area (Å²) < 4.78 is 16.1. The van der Waals surface area contributed by atoms with Gasteiger partial charge in [-0.05, 0) is 43.5 Å². The van der Waals surface area contributed by atoms with Gasteiger partial charge in [0.15, 0.2) is 0 Å². The number of anilines is 1. The lowest BCUT2D eigenvalue weighted by Gasteiger charge is -2.34. The van der Waals surface area contributed by atoms with E-state index >= 15 is 0 Å². The van der Waals surface area contributed by atoms with Crippen molar-refractivity contribution >= 4 is 5.82 Å². The topological polar surface area (TPSA) is 117 Å². The SMILES string of the molecule is CCO.Cn1c(=O)cc(N2CCC[C@@H](N)C2)n(Cc2cc(F)ccc2C#N)c1=O. The largest absolute Gasteiger partial charge is 0.397 e. The quantitative estimate of drug-likeness (QED) is 0.772. The summed E-state index contributed by atoms with van der Waals surface area (Å²) in [7, 11) is 1.39. The minimum atomic E-state index is -0.514. The lowest BCUT2D eigenvalue weighted by atomic mass is 10.1. The first-order valence-electron chi connectivity index (χ1n) is 9.43. The Morgan fingerprint density at radius 2 is 2.03 bits per heavy atom. The van der Waals surface area contributed by atoms with E-state index in [-0.39, 0.29) is 24.8 Å². The molecule has 1 aromatic heterocycles. The number of nitrogens with zero attached hydrogens (tertiary/aromatic N) is 4. The number of hydrogen-bond acceptors (Lipinski definition) is 6. The second-order valence-corrected chi connectivity index (χ2v) is 6.85. The first kappa shape index (κ1) is 22.3. The molecule has 2 heterocycles. The Hall–Kier alpha value is -2.96. The Morgan fingerprint density at radius 3 is 2.66 bits per heavy atom. The molecule has 3 N–H and O–H groups in total. The van der Waals surface area contributed by atoms with Crippen molar-refractivity contribution in [2.24, 2.45) is 12.8 Å². The molecule has 1 aliphatic heterocycles. The summed E-state index contributed by atoms with van der Waals surface area (Å²) in [4.78, 5) is 26.8. The van der Waals surface area contributed by atoms with Crippen molar-refractivity contribution < 1.29 is 9.50 Å². The molecular formula is C20H26FN5O3. The highest BCUT2D eigenvalue weighted by Crippen LogP contribution is 2.19. The molecule has 1 aromatic carbocycles. The highest BCUT2D eigenvalue weighted by atomic mass is 19.1. The third-order valence-corrected chi connectivity index (χ3v) is 4.68. The smallest absolute Gasteiger partial charge is 0.332 e. The standard InChI is InChI=1S/C18H20FN5O2.C2H6O/c1-22-17(25)8-16(23-6-2-3-15(21)11-23)24(18(22)26)10-13-7-14(19)5-4-12(13)9-20;1-2-3/h4-5,7-8,15H,2-3,6,10-11,21H2,1H3;3H,2H2,1H3/t15-;/m1./s1. The van der Waals surface area contributed by atoms with E-state index in [1.54, 1.807) is 6.92 Å². The van der Waals surface area contributed by atoms with Crippen LogP contribution >= 0.6 is 0 Å². The van der Waals surface area contributed by atoms with Gasteiger partial charge in [0.05, 0.1) is 18.2 Å². The van der Waals surface area contributed by atoms with Gasteiger partial charge in [0.25, 0.3) is 5.56 Å². The highest BCUT2D eigenvalue weighted by molar-refractivity contribution is 5.43. The molecule has 0 spiro atoms. The van der Waals surface area contributed by atoms with Crippen LogP contribution in [0.1, 0.15) is 30.9 Å². The van der Waals surface area contributed by atoms with E-state index in [0.717, 1.165) is 17.4 Å². The Labute approximate surface area is 168 Å². The Kier molecular flexibility index (Phi) is 7.70. The van der Waals surface area contributed by atoms with Crippen LogP contribution < -0.4 is 21.9 Å². The molecule has 3 rings (SSSR count). The van der Waals surface area contributed by atoms with Crippen LogP contribution in [0.3, 0.4) is 0 Å². The van der Waals surface area contributed by atoms with Gasteiger partial charge in [-0.2, -0.15) is 5.26 Å². The van der Waals surface area contributed by atoms with Crippen molar-refractivity contribution in [3.05, 3.63) is 62.0 Å². The number of piperidine rings is 1. The average Bonchev–Trinajstić information content (AvgIpc) is 2.69. The molecule has 8 nitrogen and oxygen atoms in total. The summed E-state index contributed by atoms with van der Waals surface area (Å²) in [6.45, 7) is 3.13. The summed E-state index contributed by atoms with van der Waals surface area (Å²) in [5.41, 5.74) is 5.77. The Bertz CT molecular complexity index is 1010. The molecule has 0 unspecified atom stereocenters. The van der Waals surface area contributed by atoms with E-state index in [1.807, 2.05) is 11.0 Å². The van der Waals surface area contributed by atoms with Crippen LogP contribution in [0.5, 0.6) is 0 Å². The van der Waals surface area contributed by atoms with Crippen molar-refractivity contribution in [2.45, 2.75) is 32.4 Å². The third-order valence-electron chi connectivity index (χ3n) is 4.68. The van der Waals surface area contributed by atoms with Gasteiger partial charge in [-0.3, -0.25) is 13.9 Å². The Balaban J connectivity index is 0.000000941. The molecule has 1 aliphatic rings. The number of rotatable bonds is 3. The molecule has 1 saturated heterocycles. The van der Waals surface area contributed by atoms with Crippen molar-refractivity contribution in [2.75, 3.05) is 24.6 Å². The molecular weight excluding hydrogens is 377 g/mol. The fraction of sp³-hybridized carbons (Fsp3) is 0.450. The maximum absolute atomic E-state index is 13.7. The molecule has 0 saturated carbocycles. The third kappa shape index (κ3) is 5.31. The van der Waals surface area contributed by atoms with Crippen LogP contribution in [-0.4, -0.2) is 40.0 Å². The zero-order valence-corrected chi connectivity index (χ0v) is 16.6. The van der Waals surface area contributed by atoms with Gasteiger partial charge in [0.2, 0.25) is 0 Å². The minimum absolute atomic E-state index is 0.00528. The molecule has 156 valence electrons. The maximum atomic E-state index is 13.7. The average molecular weight is 403 g/mol. The first-order chi connectivity index (χ1) is 13.8. The van der Waals surface area contributed by atoms with E-state index in [9.17, 15) is 19.2 Å². The van der Waals surface area contributed by atoms with Gasteiger partial charge in [-0.15, -0.1) is 0 Å². The fourth-order valence-corrected chi connectivity index (χ4v) is 3.26. The van der Waals surface area contributed by atoms with E-state index in [1.165, 1.54) is 35.9 Å². The number of nitrogens with two attached hydrogens (primary N) is 1. The van der Waals surface area contributed by atoms with Gasteiger partial charge in [-0.1, -0.05) is 0 Å². The normalized spacial score (nSPS) is 16.0. The summed E-state index contributed by atoms with van der Waals surface area (Å²) >= 11 is 0. The zero-order valence-electron chi connectivity index (χ0n) is 16.6. The zero-order chi connectivity index (χ0) is 21.6. The number of aliphatic hydroxyl groups is 1. The number of aromatic nitrogens is 2. The van der Waals surface area contributed by atoms with Crippen LogP contribution in [0.25, 0.3) is 0 Å². The fourth-order valence-electron chi connectivity index (χ4n) is 3.26. The molecule has 0 aliphatic carbocycles. The number of halogens is 1. The molecule has 0 amide bonds. The molecule has 29 heavy (non-hydrogen) atoms. The predicted molar refractivity (Wildman–Crippen MR) is 108 cm³/mol. The summed E-state index contributed by atoms with van der Waals surface area (Å²) in [6, 6.07) is 7.19. The van der Waals surface area contributed by atoms with Crippen molar-refractivity contribution in [1.82, 2.24) is 9.13 Å². The first-order valence-corrected chi connectivity index (χ1v) is 9.43. The van der Waals surface area contributed by atoms with Crippen LogP contribution in [0.2, 0.25) is 0 Å². The highest BCUT2D eigenvalue weighted by Gasteiger charge is 2.22. The predicted octanol–water partition coefficient (Wildman–Crippen LogP) is 0.532. The van der Waals surface area contributed by atoms with E-state index in [2.05, 4.69) is 0 Å². The number of hydrogen-bond donors (Lipinski definition) is 2. The van der Waals surface area contributed by atoms with Gasteiger partial charge in [0, 0.05) is 38.9 Å². The van der Waals surface area contributed by atoms with Crippen molar-refractivity contribution in [1.29, 1.82) is 5.26 Å². The molecule has 0 bridgehead atoms. The molecule has 0 radical (unpaired) electrons. The van der Waals surface area contributed by atoms with E-state index in [0.29, 0.717) is 24.5 Å². The van der Waals surface area contributed by atoms with Gasteiger partial charge in [0.1, 0.15) is 11.6 Å². The van der Waals surface area contributed by atoms with Crippen LogP contribution in [0, 0.1) is 17.1 Å². The lowest BCUT2D eigenvalue weighted by Crippen LogP contribution is -2.47. The van der Waals surface area contributed by atoms with Gasteiger partial charge < -0.3 is 15.7 Å². The second-order valence-electron chi connectivity index (χ2n) is 6.85. The summed E-state index contributed by atoms with van der Waals surface area (Å²) in [6.07, 6.45) is 1.74. The molecule has 1 fully saturated rings. The summed E-state index contributed by atoms with van der Waals surface area (Å²) in [5.74, 6) is -0.0418. The molecule has 1 atom stereocenters. The number of nitriles is 1. The number of aliphatic hydroxyl groups excluding tert-OH is 1. The molecule has 9 heteroatoms. The van der Waals surface area contributed by atoms with Crippen molar-refractivity contribution in [3.63, 3.8) is 0 Å². The monoisotopic (exact) mass is 403 g/mol. The summed E-state index contributed by atoms with van der Waals surface area (Å²) in [5, 5.41) is 16.8. The van der Waals surface area contributed by atoms with Crippen LogP contribution in [0.15, 0.2) is 33.9 Å². The van der Waals surface area contributed by atoms with Gasteiger partial charge >= 0.3 is 5.69 Å². The van der Waals surface area contributed by atoms with Crippen LogP contribution in [-0.2, 0) is 13.6 Å². The number of benzene rings is 1. The van der Waals surface area contributed by atoms with E-state index in [4.69, 9.17) is 10.8 Å². The maximum Gasteiger partial charge on any atom is 0.332 e. The van der Waals surface area contributed by atoms with Crippen molar-refractivity contribution in [3.8, 4) is 6.07 Å². The van der Waals surface area contributed by atoms with E-state index < -0.39 is 17.1 Å². The Morgan fingerprint density at radius 1 is 1.34 bits per heavy atom. The molecule has 2 aromatic rings. The lowest BCUT2D eigenvalue weighted by molar-refractivity contribution is 0.318. The van der Waals surface area contributed by atoms with Crippen LogP contribution in [0.4, 0.5) is 10.2 Å². The minimum Gasteiger partial charge on any atom is -0.397 e.